The van der Waals surface area contributed by atoms with Crippen molar-refractivity contribution < 1.29 is 23.8 Å². The minimum atomic E-state index is -1.18. The van der Waals surface area contributed by atoms with E-state index in [4.69, 9.17) is 9.47 Å². The quantitative estimate of drug-likeness (QED) is 0.323. The van der Waals surface area contributed by atoms with Gasteiger partial charge in [0, 0.05) is 35.3 Å². The van der Waals surface area contributed by atoms with E-state index in [-0.39, 0.29) is 12.3 Å². The van der Waals surface area contributed by atoms with Gasteiger partial charge in [0.2, 0.25) is 0 Å². The fourth-order valence-corrected chi connectivity index (χ4v) is 5.84. The third-order valence-electron chi connectivity index (χ3n) is 7.00. The number of pyridine rings is 1. The highest BCUT2D eigenvalue weighted by atomic mass is 32.2. The summed E-state index contributed by atoms with van der Waals surface area (Å²) in [5.41, 5.74) is 1.30. The predicted octanol–water partition coefficient (Wildman–Crippen LogP) is 5.86. The lowest BCUT2D eigenvalue weighted by molar-refractivity contribution is -0.146. The Morgan fingerprint density at radius 2 is 1.92 bits per heavy atom. The van der Waals surface area contributed by atoms with Crippen LogP contribution in [0.25, 0.3) is 10.9 Å². The number of ether oxygens (including phenoxy) is 2. The number of aromatic nitrogens is 1. The van der Waals surface area contributed by atoms with Gasteiger partial charge >= 0.3 is 5.97 Å². The Kier molecular flexibility index (Phi) is 9.04. The highest BCUT2D eigenvalue weighted by molar-refractivity contribution is 7.99. The summed E-state index contributed by atoms with van der Waals surface area (Å²) in [5, 5.41) is 10.6. The van der Waals surface area contributed by atoms with Crippen molar-refractivity contribution >= 4 is 28.6 Å². The molecule has 2 aromatic carbocycles. The maximum atomic E-state index is 15.4. The largest absolute Gasteiger partial charge is 0.497 e. The molecule has 2 heterocycles. The van der Waals surface area contributed by atoms with E-state index in [1.165, 1.54) is 0 Å². The lowest BCUT2D eigenvalue weighted by atomic mass is 9.81. The summed E-state index contributed by atoms with van der Waals surface area (Å²) in [5.74, 6) is 1.07. The fourth-order valence-electron chi connectivity index (χ4n) is 4.92. The zero-order valence-corrected chi connectivity index (χ0v) is 21.5. The van der Waals surface area contributed by atoms with E-state index in [0.29, 0.717) is 24.3 Å². The first-order valence-corrected chi connectivity index (χ1v) is 13.3. The summed E-state index contributed by atoms with van der Waals surface area (Å²) in [6.07, 6.45) is 2.04. The molecule has 6 nitrogen and oxygen atoms in total. The molecule has 0 bridgehead atoms. The molecule has 0 radical (unpaired) electrons. The number of piperidine rings is 1. The van der Waals surface area contributed by atoms with Crippen molar-refractivity contribution in [1.82, 2.24) is 9.88 Å². The number of carbonyl (C=O) groups is 1. The number of halogens is 1. The third-order valence-corrected chi connectivity index (χ3v) is 8.00. The Hall–Kier alpha value is -2.84. The minimum absolute atomic E-state index is 0.0334. The van der Waals surface area contributed by atoms with Crippen LogP contribution in [0.15, 0.2) is 59.6 Å². The molecule has 192 valence electrons. The molecule has 1 saturated heterocycles. The van der Waals surface area contributed by atoms with Crippen LogP contribution in [0.2, 0.25) is 0 Å². The average molecular weight is 513 g/mol. The van der Waals surface area contributed by atoms with Gasteiger partial charge in [0.15, 0.2) is 0 Å². The van der Waals surface area contributed by atoms with Crippen LogP contribution in [0.5, 0.6) is 11.5 Å². The molecule has 1 N–H and O–H groups in total. The number of fused-ring (bicyclic) bond motifs is 1. The van der Waals surface area contributed by atoms with Gasteiger partial charge in [0.05, 0.1) is 25.7 Å². The van der Waals surface area contributed by atoms with Crippen molar-refractivity contribution in [2.75, 3.05) is 39.6 Å². The van der Waals surface area contributed by atoms with Crippen LogP contribution in [0, 0.1) is 11.8 Å². The van der Waals surface area contributed by atoms with E-state index < -0.39 is 18.1 Å². The van der Waals surface area contributed by atoms with Crippen LogP contribution in [0.4, 0.5) is 4.39 Å². The second kappa shape index (κ2) is 12.4. The molecule has 0 spiro atoms. The first-order valence-electron chi connectivity index (χ1n) is 12.3. The Balaban J connectivity index is 1.31. The third kappa shape index (κ3) is 6.48. The SMILES string of the molecule is COc1ccc(SCCN2CC[C@@H](CC[C@@H](F)c3ccnc4ccc(OC)cc34)[C@@H](C(=O)O)C2)cc1. The van der Waals surface area contributed by atoms with Crippen molar-refractivity contribution in [3.8, 4) is 11.5 Å². The van der Waals surface area contributed by atoms with Gasteiger partial charge in [0.25, 0.3) is 0 Å². The minimum Gasteiger partial charge on any atom is -0.497 e. The summed E-state index contributed by atoms with van der Waals surface area (Å²) < 4.78 is 25.9. The van der Waals surface area contributed by atoms with Gasteiger partial charge in [-0.15, -0.1) is 11.8 Å². The van der Waals surface area contributed by atoms with Crippen LogP contribution in [0.1, 0.15) is 31.0 Å². The monoisotopic (exact) mass is 512 g/mol. The fraction of sp³-hybridized carbons (Fsp3) is 0.429. The first kappa shape index (κ1) is 26.2. The van der Waals surface area contributed by atoms with Crippen molar-refractivity contribution in [3.63, 3.8) is 0 Å². The van der Waals surface area contributed by atoms with Gasteiger partial charge in [-0.05, 0) is 85.8 Å². The normalized spacial score (nSPS) is 19.2. The van der Waals surface area contributed by atoms with Crippen molar-refractivity contribution in [3.05, 3.63) is 60.3 Å². The summed E-state index contributed by atoms with van der Waals surface area (Å²) in [6, 6.07) is 15.1. The summed E-state index contributed by atoms with van der Waals surface area (Å²) in [7, 11) is 3.23. The lowest BCUT2D eigenvalue weighted by Crippen LogP contribution is -2.44. The van der Waals surface area contributed by atoms with Crippen molar-refractivity contribution in [2.45, 2.75) is 30.3 Å². The van der Waals surface area contributed by atoms with Crippen LogP contribution < -0.4 is 9.47 Å². The van der Waals surface area contributed by atoms with Gasteiger partial charge in [-0.2, -0.15) is 0 Å². The molecule has 1 aliphatic heterocycles. The Morgan fingerprint density at radius 1 is 1.17 bits per heavy atom. The second-order valence-corrected chi connectivity index (χ2v) is 10.3. The van der Waals surface area contributed by atoms with Gasteiger partial charge < -0.3 is 19.5 Å². The number of rotatable bonds is 11. The average Bonchev–Trinajstić information content (AvgIpc) is 2.91. The number of likely N-dealkylation sites (tertiary alicyclic amines) is 1. The zero-order chi connectivity index (χ0) is 25.5. The van der Waals surface area contributed by atoms with E-state index >= 15 is 4.39 Å². The summed E-state index contributed by atoms with van der Waals surface area (Å²) >= 11 is 1.75. The number of methoxy groups -OCH3 is 2. The maximum Gasteiger partial charge on any atom is 0.308 e. The van der Waals surface area contributed by atoms with Crippen LogP contribution in [0.3, 0.4) is 0 Å². The summed E-state index contributed by atoms with van der Waals surface area (Å²) in [4.78, 5) is 19.8. The molecule has 0 aliphatic carbocycles. The van der Waals surface area contributed by atoms with Gasteiger partial charge in [-0.1, -0.05) is 0 Å². The number of hydrogen-bond donors (Lipinski definition) is 1. The predicted molar refractivity (Wildman–Crippen MR) is 141 cm³/mol. The number of nitrogens with zero attached hydrogens (tertiary/aromatic N) is 2. The van der Waals surface area contributed by atoms with Crippen LogP contribution in [-0.2, 0) is 4.79 Å². The number of alkyl halides is 1. The van der Waals surface area contributed by atoms with E-state index in [0.717, 1.165) is 46.8 Å². The number of aliphatic carboxylic acids is 1. The van der Waals surface area contributed by atoms with Gasteiger partial charge in [0.1, 0.15) is 17.7 Å². The molecule has 1 aliphatic rings. The molecule has 1 fully saturated rings. The first-order chi connectivity index (χ1) is 17.5. The Morgan fingerprint density at radius 3 is 2.64 bits per heavy atom. The van der Waals surface area contributed by atoms with Crippen LogP contribution in [-0.4, -0.2) is 60.6 Å². The number of benzene rings is 2. The highest BCUT2D eigenvalue weighted by Crippen LogP contribution is 2.35. The molecule has 3 aromatic rings. The smallest absolute Gasteiger partial charge is 0.308 e. The molecule has 8 heteroatoms. The van der Waals surface area contributed by atoms with Gasteiger partial charge in [-0.25, -0.2) is 4.39 Å². The molecule has 1 aromatic heterocycles. The summed E-state index contributed by atoms with van der Waals surface area (Å²) in [6.45, 7) is 2.17. The number of carboxylic acid groups (broad SMARTS) is 1. The number of hydrogen-bond acceptors (Lipinski definition) is 6. The van der Waals surface area contributed by atoms with E-state index in [9.17, 15) is 9.90 Å². The molecule has 3 atom stereocenters. The molecule has 0 unspecified atom stereocenters. The Labute approximate surface area is 215 Å². The zero-order valence-electron chi connectivity index (χ0n) is 20.7. The molecule has 4 rings (SSSR count). The van der Waals surface area contributed by atoms with Gasteiger partial charge in [-0.3, -0.25) is 9.78 Å². The molecule has 0 amide bonds. The highest BCUT2D eigenvalue weighted by Gasteiger charge is 2.34. The standard InChI is InChI=1S/C28H33FN2O4S/c1-34-20-4-7-22(8-5-20)36-16-15-31-14-12-19(25(18-31)28(32)33)3-9-26(29)23-11-13-30-27-10-6-21(35-2)17-24(23)27/h4-8,10-11,13,17,19,25-26H,3,9,12,14-16,18H2,1-2H3,(H,32,33)/t19-,25+,26-/m1/s1. The Bertz CT molecular complexity index is 1160. The van der Waals surface area contributed by atoms with Crippen LogP contribution >= 0.6 is 11.8 Å². The van der Waals surface area contributed by atoms with Crippen molar-refractivity contribution in [1.29, 1.82) is 0 Å². The topological polar surface area (TPSA) is 71.9 Å². The molecular formula is C28H33FN2O4S. The lowest BCUT2D eigenvalue weighted by Gasteiger charge is -2.36. The van der Waals surface area contributed by atoms with Crippen molar-refractivity contribution in [2.24, 2.45) is 11.8 Å². The van der Waals surface area contributed by atoms with E-state index in [1.807, 2.05) is 42.5 Å². The molecule has 36 heavy (non-hydrogen) atoms. The molecular weight excluding hydrogens is 479 g/mol. The van der Waals surface area contributed by atoms with E-state index in [1.54, 1.807) is 38.2 Å². The number of thioether (sulfide) groups is 1. The van der Waals surface area contributed by atoms with E-state index in [2.05, 4.69) is 9.88 Å². The second-order valence-electron chi connectivity index (χ2n) is 9.15. The molecule has 0 saturated carbocycles. The number of carboxylic acids is 1. The maximum absolute atomic E-state index is 15.4.